The van der Waals surface area contributed by atoms with Crippen LogP contribution in [0, 0.1) is 6.92 Å². The van der Waals surface area contributed by atoms with E-state index in [1.165, 1.54) is 22.5 Å². The van der Waals surface area contributed by atoms with Crippen LogP contribution in [-0.4, -0.2) is 17.4 Å². The summed E-state index contributed by atoms with van der Waals surface area (Å²) in [6.07, 6.45) is 1.31. The second-order valence-electron chi connectivity index (χ2n) is 6.02. The molecule has 0 atom stereocenters. The average Bonchev–Trinajstić information content (AvgIpc) is 3.13. The molecule has 128 valence electrons. The molecule has 0 radical (unpaired) electrons. The molecule has 3 aromatic rings. The predicted molar refractivity (Wildman–Crippen MR) is 105 cm³/mol. The highest BCUT2D eigenvalue weighted by Gasteiger charge is 2.18. The van der Waals surface area contributed by atoms with Crippen LogP contribution in [0.1, 0.15) is 24.5 Å². The maximum atomic E-state index is 12.4. The van der Waals surface area contributed by atoms with Gasteiger partial charge in [-0.15, -0.1) is 11.3 Å². The number of hydrogen-bond acceptors (Lipinski definition) is 3. The Labute approximate surface area is 153 Å². The molecule has 0 fully saturated rings. The zero-order valence-electron chi connectivity index (χ0n) is 14.6. The monoisotopic (exact) mass is 350 g/mol. The summed E-state index contributed by atoms with van der Waals surface area (Å²) in [6, 6.07) is 18.6. The summed E-state index contributed by atoms with van der Waals surface area (Å²) in [5.41, 5.74) is 4.46. The van der Waals surface area contributed by atoms with Crippen molar-refractivity contribution in [2.24, 2.45) is 0 Å². The molecule has 3 nitrogen and oxygen atoms in total. The molecule has 0 unspecified atom stereocenters. The molecule has 1 amide bonds. The van der Waals surface area contributed by atoms with E-state index in [2.05, 4.69) is 43.3 Å². The van der Waals surface area contributed by atoms with Crippen LogP contribution >= 0.6 is 11.3 Å². The Kier molecular flexibility index (Phi) is 5.61. The zero-order chi connectivity index (χ0) is 17.6. The van der Waals surface area contributed by atoms with Crippen LogP contribution in [0.5, 0.6) is 0 Å². The van der Waals surface area contributed by atoms with Crippen LogP contribution in [0.2, 0.25) is 0 Å². The largest absolute Gasteiger partial charge is 0.288 e. The number of benzene rings is 2. The number of hydrogen-bond donors (Lipinski definition) is 0. The van der Waals surface area contributed by atoms with Crippen LogP contribution in [-0.2, 0) is 11.2 Å². The fourth-order valence-electron chi connectivity index (χ4n) is 2.65. The van der Waals surface area contributed by atoms with Crippen molar-refractivity contribution in [3.8, 4) is 11.3 Å². The van der Waals surface area contributed by atoms with Gasteiger partial charge in [0, 0.05) is 23.9 Å². The number of aryl methyl sites for hydroxylation is 1. The molecule has 0 aliphatic rings. The van der Waals surface area contributed by atoms with E-state index in [0.717, 1.165) is 22.8 Å². The first kappa shape index (κ1) is 17.4. The smallest absolute Gasteiger partial charge is 0.228 e. The SMILES string of the molecule is CCC(=O)N(CCc1ccccc1)c1nc(-c2ccc(C)cc2)cs1. The molecule has 25 heavy (non-hydrogen) atoms. The Bertz CT molecular complexity index is 825. The van der Waals surface area contributed by atoms with Gasteiger partial charge in [-0.05, 0) is 18.9 Å². The summed E-state index contributed by atoms with van der Waals surface area (Å²) in [4.78, 5) is 18.9. The molecule has 4 heteroatoms. The number of nitrogens with zero attached hydrogens (tertiary/aromatic N) is 2. The highest BCUT2D eigenvalue weighted by atomic mass is 32.1. The van der Waals surface area contributed by atoms with Gasteiger partial charge in [-0.1, -0.05) is 67.1 Å². The van der Waals surface area contributed by atoms with Gasteiger partial charge in [0.2, 0.25) is 5.91 Å². The van der Waals surface area contributed by atoms with Gasteiger partial charge in [-0.25, -0.2) is 4.98 Å². The van der Waals surface area contributed by atoms with Gasteiger partial charge < -0.3 is 0 Å². The normalized spacial score (nSPS) is 10.6. The molecule has 0 saturated carbocycles. The first-order valence-corrected chi connectivity index (χ1v) is 9.42. The van der Waals surface area contributed by atoms with Crippen LogP contribution in [0.3, 0.4) is 0 Å². The topological polar surface area (TPSA) is 33.2 Å². The van der Waals surface area contributed by atoms with Crippen LogP contribution in [0.4, 0.5) is 5.13 Å². The third-order valence-corrected chi connectivity index (χ3v) is 5.00. The maximum Gasteiger partial charge on any atom is 0.228 e. The van der Waals surface area contributed by atoms with E-state index < -0.39 is 0 Å². The number of aromatic nitrogens is 1. The van der Waals surface area contributed by atoms with Crippen molar-refractivity contribution >= 4 is 22.4 Å². The average molecular weight is 350 g/mol. The van der Waals surface area contributed by atoms with Crippen LogP contribution < -0.4 is 4.90 Å². The zero-order valence-corrected chi connectivity index (χ0v) is 15.4. The van der Waals surface area contributed by atoms with E-state index in [0.29, 0.717) is 13.0 Å². The van der Waals surface area contributed by atoms with Gasteiger partial charge in [-0.3, -0.25) is 9.69 Å². The fraction of sp³-hybridized carbons (Fsp3) is 0.238. The maximum absolute atomic E-state index is 12.4. The third kappa shape index (κ3) is 4.34. The van der Waals surface area contributed by atoms with E-state index >= 15 is 0 Å². The van der Waals surface area contributed by atoms with Crippen molar-refractivity contribution in [1.29, 1.82) is 0 Å². The highest BCUT2D eigenvalue weighted by molar-refractivity contribution is 7.14. The Morgan fingerprint density at radius 2 is 1.80 bits per heavy atom. The van der Waals surface area contributed by atoms with Gasteiger partial charge in [0.05, 0.1) is 5.69 Å². The minimum atomic E-state index is 0.112. The highest BCUT2D eigenvalue weighted by Crippen LogP contribution is 2.28. The van der Waals surface area contributed by atoms with Gasteiger partial charge >= 0.3 is 0 Å². The fourth-order valence-corrected chi connectivity index (χ4v) is 3.53. The number of carbonyl (C=O) groups excluding carboxylic acids is 1. The molecular weight excluding hydrogens is 328 g/mol. The van der Waals surface area contributed by atoms with Crippen LogP contribution in [0.15, 0.2) is 60.0 Å². The molecule has 0 aliphatic heterocycles. The summed E-state index contributed by atoms with van der Waals surface area (Å²) >= 11 is 1.53. The molecule has 2 aromatic carbocycles. The number of thiazole rings is 1. The molecule has 0 spiro atoms. The van der Waals surface area contributed by atoms with Crippen molar-refractivity contribution in [3.05, 3.63) is 71.1 Å². The number of anilines is 1. The molecule has 0 saturated heterocycles. The van der Waals surface area contributed by atoms with Crippen molar-refractivity contribution in [2.75, 3.05) is 11.4 Å². The van der Waals surface area contributed by atoms with Crippen molar-refractivity contribution in [1.82, 2.24) is 4.98 Å². The second-order valence-corrected chi connectivity index (χ2v) is 6.85. The number of carbonyl (C=O) groups is 1. The molecule has 0 bridgehead atoms. The summed E-state index contributed by atoms with van der Waals surface area (Å²) in [5, 5.41) is 2.80. The first-order chi connectivity index (χ1) is 12.2. The van der Waals surface area contributed by atoms with Gasteiger partial charge in [-0.2, -0.15) is 0 Å². The quantitative estimate of drug-likeness (QED) is 0.619. The lowest BCUT2D eigenvalue weighted by Gasteiger charge is -2.19. The van der Waals surface area contributed by atoms with Crippen molar-refractivity contribution in [3.63, 3.8) is 0 Å². The Balaban J connectivity index is 1.79. The lowest BCUT2D eigenvalue weighted by Crippen LogP contribution is -2.32. The number of amides is 1. The molecule has 1 aromatic heterocycles. The molecular formula is C21H22N2OS. The van der Waals surface area contributed by atoms with Gasteiger partial charge in [0.1, 0.15) is 0 Å². The predicted octanol–water partition coefficient (Wildman–Crippen LogP) is 5.10. The van der Waals surface area contributed by atoms with E-state index in [4.69, 9.17) is 4.98 Å². The summed E-state index contributed by atoms with van der Waals surface area (Å²) in [6.45, 7) is 4.62. The van der Waals surface area contributed by atoms with Gasteiger partial charge in [0.15, 0.2) is 5.13 Å². The molecule has 3 rings (SSSR count). The van der Waals surface area contributed by atoms with Crippen molar-refractivity contribution < 1.29 is 4.79 Å². The van der Waals surface area contributed by atoms with Crippen LogP contribution in [0.25, 0.3) is 11.3 Å². The Morgan fingerprint density at radius 3 is 2.48 bits per heavy atom. The minimum absolute atomic E-state index is 0.112. The first-order valence-electron chi connectivity index (χ1n) is 8.54. The standard InChI is InChI=1S/C21H22N2OS/c1-3-20(24)23(14-13-17-7-5-4-6-8-17)21-22-19(15-25-21)18-11-9-16(2)10-12-18/h4-12,15H,3,13-14H2,1-2H3. The summed E-state index contributed by atoms with van der Waals surface area (Å²) in [7, 11) is 0. The van der Waals surface area contributed by atoms with Crippen molar-refractivity contribution in [2.45, 2.75) is 26.7 Å². The molecule has 1 heterocycles. The summed E-state index contributed by atoms with van der Waals surface area (Å²) in [5.74, 6) is 0.112. The van der Waals surface area contributed by atoms with E-state index in [-0.39, 0.29) is 5.91 Å². The minimum Gasteiger partial charge on any atom is -0.288 e. The lowest BCUT2D eigenvalue weighted by molar-refractivity contribution is -0.118. The van der Waals surface area contributed by atoms with E-state index in [9.17, 15) is 4.79 Å². The van der Waals surface area contributed by atoms with Gasteiger partial charge in [0.25, 0.3) is 0 Å². The number of rotatable bonds is 6. The Hall–Kier alpha value is -2.46. The second kappa shape index (κ2) is 8.08. The third-order valence-electron chi connectivity index (χ3n) is 4.14. The molecule has 0 aliphatic carbocycles. The van der Waals surface area contributed by atoms with E-state index in [1.54, 1.807) is 0 Å². The Morgan fingerprint density at radius 1 is 1.08 bits per heavy atom. The molecule has 0 N–H and O–H groups in total. The van der Waals surface area contributed by atoms with E-state index in [1.807, 2.05) is 35.4 Å². The summed E-state index contributed by atoms with van der Waals surface area (Å²) < 4.78 is 0. The lowest BCUT2D eigenvalue weighted by atomic mass is 10.1.